The second-order valence-corrected chi connectivity index (χ2v) is 9.57. The lowest BCUT2D eigenvalue weighted by molar-refractivity contribution is -0.142. The normalized spacial score (nSPS) is 11.7. The molecule has 1 atom stereocenters. The van der Waals surface area contributed by atoms with Crippen LogP contribution in [0.5, 0.6) is 5.75 Å². The molecule has 5 nitrogen and oxygen atoms in total. The van der Waals surface area contributed by atoms with Crippen molar-refractivity contribution in [1.29, 1.82) is 0 Å². The van der Waals surface area contributed by atoms with Crippen LogP contribution < -0.4 is 10.1 Å². The van der Waals surface area contributed by atoms with Crippen molar-refractivity contribution in [1.82, 2.24) is 10.2 Å². The van der Waals surface area contributed by atoms with Gasteiger partial charge in [0.25, 0.3) is 5.91 Å². The highest BCUT2D eigenvalue weighted by molar-refractivity contribution is 6.30. The van der Waals surface area contributed by atoms with E-state index in [1.165, 1.54) is 0 Å². The van der Waals surface area contributed by atoms with Crippen molar-refractivity contribution in [3.63, 3.8) is 0 Å². The first kappa shape index (κ1) is 27.3. The van der Waals surface area contributed by atoms with Crippen LogP contribution in [0.25, 0.3) is 0 Å². The molecule has 0 fully saturated rings. The lowest BCUT2D eigenvalue weighted by Crippen LogP contribution is -2.51. The molecule has 1 N–H and O–H groups in total. The van der Waals surface area contributed by atoms with Crippen molar-refractivity contribution in [2.45, 2.75) is 52.1 Å². The Morgan fingerprint density at radius 3 is 2.33 bits per heavy atom. The van der Waals surface area contributed by atoms with Crippen LogP contribution in [0, 0.1) is 0 Å². The molecule has 6 heteroatoms. The molecule has 3 aromatic carbocycles. The molecule has 0 unspecified atom stereocenters. The van der Waals surface area contributed by atoms with Gasteiger partial charge in [-0.3, -0.25) is 9.59 Å². The van der Waals surface area contributed by atoms with Gasteiger partial charge < -0.3 is 15.0 Å². The molecular weight excluding hydrogens is 472 g/mol. The molecule has 0 aromatic heterocycles. The highest BCUT2D eigenvalue weighted by Gasteiger charge is 2.30. The highest BCUT2D eigenvalue weighted by atomic mass is 35.5. The maximum Gasteiger partial charge on any atom is 0.261 e. The number of benzene rings is 3. The Morgan fingerprint density at radius 2 is 1.64 bits per heavy atom. The fraction of sp³-hybridized carbons (Fsp3) is 0.333. The molecule has 0 bridgehead atoms. The van der Waals surface area contributed by atoms with E-state index in [0.29, 0.717) is 23.7 Å². The van der Waals surface area contributed by atoms with Crippen LogP contribution in [0.1, 0.15) is 49.8 Å². The first-order valence-corrected chi connectivity index (χ1v) is 12.8. The fourth-order valence-electron chi connectivity index (χ4n) is 4.06. The Bertz CT molecular complexity index is 1130. The summed E-state index contributed by atoms with van der Waals surface area (Å²) in [5.41, 5.74) is 2.86. The summed E-state index contributed by atoms with van der Waals surface area (Å²) in [5, 5.41) is 3.56. The lowest BCUT2D eigenvalue weighted by atomic mass is 10.0. The van der Waals surface area contributed by atoms with Gasteiger partial charge in [-0.2, -0.15) is 0 Å². The van der Waals surface area contributed by atoms with Crippen LogP contribution in [-0.4, -0.2) is 35.9 Å². The number of carbonyl (C=O) groups excluding carboxylic acids is 2. The van der Waals surface area contributed by atoms with E-state index >= 15 is 0 Å². The Labute approximate surface area is 219 Å². The predicted molar refractivity (Wildman–Crippen MR) is 145 cm³/mol. The second kappa shape index (κ2) is 13.7. The van der Waals surface area contributed by atoms with Crippen molar-refractivity contribution in [2.75, 3.05) is 13.2 Å². The summed E-state index contributed by atoms with van der Waals surface area (Å²) < 4.78 is 6.01. The average molecular weight is 507 g/mol. The monoisotopic (exact) mass is 506 g/mol. The molecule has 190 valence electrons. The smallest absolute Gasteiger partial charge is 0.261 e. The SMILES string of the molecule is CCCNC(=O)[C@H](Cc1ccccc1)N(Cc1cccc(Cl)c1)C(=O)COc1ccccc1C(C)C. The number of hydrogen-bond donors (Lipinski definition) is 1. The van der Waals surface area contributed by atoms with E-state index < -0.39 is 6.04 Å². The summed E-state index contributed by atoms with van der Waals surface area (Å²) in [6.07, 6.45) is 1.20. The molecule has 0 aliphatic rings. The Kier molecular flexibility index (Phi) is 10.4. The Hall–Kier alpha value is -3.31. The largest absolute Gasteiger partial charge is 0.483 e. The summed E-state index contributed by atoms with van der Waals surface area (Å²) >= 11 is 6.23. The van der Waals surface area contributed by atoms with Gasteiger partial charge in [-0.1, -0.05) is 93.0 Å². The van der Waals surface area contributed by atoms with Gasteiger partial charge in [0.1, 0.15) is 11.8 Å². The minimum Gasteiger partial charge on any atom is -0.483 e. The number of rotatable bonds is 12. The van der Waals surface area contributed by atoms with Crippen molar-refractivity contribution in [2.24, 2.45) is 0 Å². The van der Waals surface area contributed by atoms with Crippen LogP contribution >= 0.6 is 11.6 Å². The first-order chi connectivity index (χ1) is 17.4. The van der Waals surface area contributed by atoms with Crippen LogP contribution in [0.15, 0.2) is 78.9 Å². The zero-order chi connectivity index (χ0) is 25.9. The zero-order valence-electron chi connectivity index (χ0n) is 21.2. The molecule has 0 saturated carbocycles. The number of nitrogens with zero attached hydrogens (tertiary/aromatic N) is 1. The van der Waals surface area contributed by atoms with Gasteiger partial charge in [-0.25, -0.2) is 0 Å². The molecule has 0 aliphatic heterocycles. The first-order valence-electron chi connectivity index (χ1n) is 12.5. The minimum atomic E-state index is -0.700. The number of ether oxygens (including phenoxy) is 1. The van der Waals surface area contributed by atoms with Crippen LogP contribution in [-0.2, 0) is 22.6 Å². The van der Waals surface area contributed by atoms with Crippen LogP contribution in [0.4, 0.5) is 0 Å². The summed E-state index contributed by atoms with van der Waals surface area (Å²) in [6, 6.07) is 24.1. The number of hydrogen-bond acceptors (Lipinski definition) is 3. The van der Waals surface area contributed by atoms with Crippen molar-refractivity contribution < 1.29 is 14.3 Å². The van der Waals surface area contributed by atoms with E-state index in [1.54, 1.807) is 11.0 Å². The maximum absolute atomic E-state index is 13.7. The van der Waals surface area contributed by atoms with Crippen LogP contribution in [0.3, 0.4) is 0 Å². The lowest BCUT2D eigenvalue weighted by Gasteiger charge is -2.31. The zero-order valence-corrected chi connectivity index (χ0v) is 22.0. The summed E-state index contributed by atoms with van der Waals surface area (Å²) in [6.45, 7) is 6.79. The van der Waals surface area contributed by atoms with E-state index in [1.807, 2.05) is 79.7 Å². The fourth-order valence-corrected chi connectivity index (χ4v) is 4.28. The van der Waals surface area contributed by atoms with E-state index in [2.05, 4.69) is 19.2 Å². The topological polar surface area (TPSA) is 58.6 Å². The molecule has 0 saturated heterocycles. The van der Waals surface area contributed by atoms with Gasteiger partial charge in [-0.15, -0.1) is 0 Å². The third-order valence-corrected chi connectivity index (χ3v) is 6.19. The van der Waals surface area contributed by atoms with E-state index in [0.717, 1.165) is 23.1 Å². The molecule has 2 amide bonds. The van der Waals surface area contributed by atoms with Gasteiger partial charge in [0, 0.05) is 24.5 Å². The number of nitrogens with one attached hydrogen (secondary N) is 1. The highest BCUT2D eigenvalue weighted by Crippen LogP contribution is 2.26. The molecule has 0 radical (unpaired) electrons. The number of carbonyl (C=O) groups is 2. The van der Waals surface area contributed by atoms with Crippen molar-refractivity contribution in [3.8, 4) is 5.75 Å². The van der Waals surface area contributed by atoms with Crippen LogP contribution in [0.2, 0.25) is 5.02 Å². The van der Waals surface area contributed by atoms with E-state index in [9.17, 15) is 9.59 Å². The summed E-state index contributed by atoms with van der Waals surface area (Å²) in [7, 11) is 0. The molecule has 0 heterocycles. The third-order valence-electron chi connectivity index (χ3n) is 5.95. The number of halogens is 1. The summed E-state index contributed by atoms with van der Waals surface area (Å²) in [5.74, 6) is 0.489. The van der Waals surface area contributed by atoms with Gasteiger partial charge >= 0.3 is 0 Å². The molecule has 3 rings (SSSR count). The minimum absolute atomic E-state index is 0.170. The van der Waals surface area contributed by atoms with Gasteiger partial charge in [0.2, 0.25) is 5.91 Å². The number of amides is 2. The van der Waals surface area contributed by atoms with Gasteiger partial charge in [0.05, 0.1) is 0 Å². The van der Waals surface area contributed by atoms with Gasteiger partial charge in [-0.05, 0) is 47.2 Å². The summed E-state index contributed by atoms with van der Waals surface area (Å²) in [4.78, 5) is 28.7. The molecular formula is C30H35ClN2O3. The van der Waals surface area contributed by atoms with Gasteiger partial charge in [0.15, 0.2) is 6.61 Å². The quantitative estimate of drug-likeness (QED) is 0.327. The molecule has 3 aromatic rings. The van der Waals surface area contributed by atoms with E-state index in [-0.39, 0.29) is 30.9 Å². The molecule has 0 spiro atoms. The standard InChI is InChI=1S/C30H35ClN2O3/c1-4-17-32-30(35)27(19-23-11-6-5-7-12-23)33(20-24-13-10-14-25(31)18-24)29(34)21-36-28-16-9-8-15-26(28)22(2)3/h5-16,18,22,27H,4,17,19-21H2,1-3H3,(H,32,35)/t27-/m0/s1. The predicted octanol–water partition coefficient (Wildman–Crippen LogP) is 6.01. The van der Waals surface area contributed by atoms with E-state index in [4.69, 9.17) is 16.3 Å². The third kappa shape index (κ3) is 7.85. The second-order valence-electron chi connectivity index (χ2n) is 9.13. The number of para-hydroxylation sites is 1. The Morgan fingerprint density at radius 1 is 0.944 bits per heavy atom. The van der Waals surface area contributed by atoms with Crippen molar-refractivity contribution >= 4 is 23.4 Å². The molecule has 36 heavy (non-hydrogen) atoms. The Balaban J connectivity index is 1.91. The molecule has 0 aliphatic carbocycles. The van der Waals surface area contributed by atoms with Crippen molar-refractivity contribution in [3.05, 3.63) is 101 Å². The maximum atomic E-state index is 13.7. The average Bonchev–Trinajstić information content (AvgIpc) is 2.88.